The fourth-order valence-corrected chi connectivity index (χ4v) is 1.54. The second-order valence-electron chi connectivity index (χ2n) is 2.72. The van der Waals surface area contributed by atoms with Crippen LogP contribution in [0.15, 0.2) is 12.1 Å². The van der Waals surface area contributed by atoms with Gasteiger partial charge in [-0.2, -0.15) is 5.26 Å². The molecule has 0 unspecified atom stereocenters. The second-order valence-corrected chi connectivity index (χ2v) is 3.57. The first-order chi connectivity index (χ1) is 6.69. The maximum atomic E-state index is 8.82. The van der Waals surface area contributed by atoms with E-state index in [0.29, 0.717) is 28.0 Å². The number of hydrogen-bond donors (Lipinski definition) is 0. The van der Waals surface area contributed by atoms with Crippen LogP contribution < -0.4 is 4.74 Å². The highest BCUT2D eigenvalue weighted by Crippen LogP contribution is 2.31. The Morgan fingerprint density at radius 2 is 2.14 bits per heavy atom. The Labute approximate surface area is 93.0 Å². The summed E-state index contributed by atoms with van der Waals surface area (Å²) in [6.45, 7) is 2.52. The van der Waals surface area contributed by atoms with Crippen molar-refractivity contribution < 1.29 is 4.74 Å². The maximum absolute atomic E-state index is 8.82. The van der Waals surface area contributed by atoms with Crippen LogP contribution in [0.5, 0.6) is 5.75 Å². The van der Waals surface area contributed by atoms with Crippen LogP contribution in [0.25, 0.3) is 0 Å². The molecular weight excluding hydrogens is 221 g/mol. The summed E-state index contributed by atoms with van der Waals surface area (Å²) in [6.07, 6.45) is 0.865. The van der Waals surface area contributed by atoms with Crippen LogP contribution in [0, 0.1) is 11.3 Å². The molecular formula is C10H9Cl2NO. The van der Waals surface area contributed by atoms with E-state index >= 15 is 0 Å². The highest BCUT2D eigenvalue weighted by molar-refractivity contribution is 6.35. The van der Waals surface area contributed by atoms with Crippen LogP contribution >= 0.6 is 23.2 Å². The van der Waals surface area contributed by atoms with Crippen LogP contribution in [0.4, 0.5) is 0 Å². The van der Waals surface area contributed by atoms with Gasteiger partial charge in [-0.3, -0.25) is 0 Å². The predicted molar refractivity (Wildman–Crippen MR) is 57.0 cm³/mol. The molecule has 0 spiro atoms. The molecule has 0 aromatic heterocycles. The minimum atomic E-state index is 0.371. The van der Waals surface area contributed by atoms with E-state index in [9.17, 15) is 0 Å². The molecule has 1 rings (SSSR count). The third-order valence-electron chi connectivity index (χ3n) is 1.58. The number of nitrogens with zero attached hydrogens (tertiary/aromatic N) is 1. The van der Waals surface area contributed by atoms with Crippen molar-refractivity contribution in [3.8, 4) is 11.8 Å². The highest BCUT2D eigenvalue weighted by Gasteiger charge is 2.09. The van der Waals surface area contributed by atoms with Gasteiger partial charge < -0.3 is 4.74 Å². The lowest BCUT2D eigenvalue weighted by atomic mass is 10.2. The standard InChI is InChI=1S/C10H9Cl2NO/c1-2-3-14-10-7(6-13)4-8(11)5-9(10)12/h4-5H,2-3H2,1H3. The Morgan fingerprint density at radius 3 is 2.71 bits per heavy atom. The lowest BCUT2D eigenvalue weighted by Crippen LogP contribution is -1.98. The summed E-state index contributed by atoms with van der Waals surface area (Å²) in [5, 5.41) is 9.64. The van der Waals surface area contributed by atoms with Crippen LogP contribution in [0.2, 0.25) is 10.0 Å². The number of halogens is 2. The topological polar surface area (TPSA) is 33.0 Å². The Kier molecular flexibility index (Phi) is 4.06. The van der Waals surface area contributed by atoms with Gasteiger partial charge in [0.05, 0.1) is 17.2 Å². The van der Waals surface area contributed by atoms with E-state index in [2.05, 4.69) is 0 Å². The molecule has 0 saturated heterocycles. The van der Waals surface area contributed by atoms with E-state index in [-0.39, 0.29) is 0 Å². The molecule has 0 aliphatic rings. The lowest BCUT2D eigenvalue weighted by molar-refractivity contribution is 0.317. The number of rotatable bonds is 3. The van der Waals surface area contributed by atoms with Gasteiger partial charge in [0.2, 0.25) is 0 Å². The number of nitriles is 1. The summed E-state index contributed by atoms with van der Waals surface area (Å²) < 4.78 is 5.35. The molecule has 14 heavy (non-hydrogen) atoms. The molecule has 0 atom stereocenters. The Bertz CT molecular complexity index is 371. The van der Waals surface area contributed by atoms with Crippen molar-refractivity contribution in [1.29, 1.82) is 5.26 Å². The average Bonchev–Trinajstić information content (AvgIpc) is 2.15. The molecule has 0 amide bonds. The van der Waals surface area contributed by atoms with E-state index in [1.54, 1.807) is 12.1 Å². The molecule has 1 aromatic carbocycles. The van der Waals surface area contributed by atoms with Crippen LogP contribution in [0.3, 0.4) is 0 Å². The minimum Gasteiger partial charge on any atom is -0.491 e. The molecule has 2 nitrogen and oxygen atoms in total. The minimum absolute atomic E-state index is 0.371. The van der Waals surface area contributed by atoms with Crippen LogP contribution in [0.1, 0.15) is 18.9 Å². The molecule has 0 radical (unpaired) electrons. The van der Waals surface area contributed by atoms with Crippen LogP contribution in [-0.4, -0.2) is 6.61 Å². The van der Waals surface area contributed by atoms with Gasteiger partial charge in [-0.1, -0.05) is 30.1 Å². The quantitative estimate of drug-likeness (QED) is 0.793. The molecule has 0 heterocycles. The Hall–Kier alpha value is -0.910. The summed E-state index contributed by atoms with van der Waals surface area (Å²) in [5.41, 5.74) is 0.371. The van der Waals surface area contributed by atoms with Gasteiger partial charge in [0, 0.05) is 5.02 Å². The van der Waals surface area contributed by atoms with Crippen molar-refractivity contribution in [3.05, 3.63) is 27.7 Å². The van der Waals surface area contributed by atoms with E-state index in [1.165, 1.54) is 0 Å². The first kappa shape index (κ1) is 11.2. The summed E-state index contributed by atoms with van der Waals surface area (Å²) in [7, 11) is 0. The van der Waals surface area contributed by atoms with E-state index in [4.69, 9.17) is 33.2 Å². The van der Waals surface area contributed by atoms with Gasteiger partial charge in [0.15, 0.2) is 5.75 Å². The monoisotopic (exact) mass is 229 g/mol. The number of ether oxygens (including phenoxy) is 1. The van der Waals surface area contributed by atoms with E-state index < -0.39 is 0 Å². The second kappa shape index (κ2) is 5.09. The summed E-state index contributed by atoms with van der Waals surface area (Å²) in [5.74, 6) is 0.417. The van der Waals surface area contributed by atoms with Gasteiger partial charge in [-0.25, -0.2) is 0 Å². The van der Waals surface area contributed by atoms with Crippen molar-refractivity contribution >= 4 is 23.2 Å². The fourth-order valence-electron chi connectivity index (χ4n) is 0.994. The zero-order valence-corrected chi connectivity index (χ0v) is 9.19. The molecule has 0 N–H and O–H groups in total. The first-order valence-electron chi connectivity index (χ1n) is 4.21. The van der Waals surface area contributed by atoms with Gasteiger partial charge in [-0.15, -0.1) is 0 Å². The van der Waals surface area contributed by atoms with Crippen molar-refractivity contribution in [2.24, 2.45) is 0 Å². The molecule has 0 fully saturated rings. The smallest absolute Gasteiger partial charge is 0.155 e. The van der Waals surface area contributed by atoms with Gasteiger partial charge in [-0.05, 0) is 18.6 Å². The largest absolute Gasteiger partial charge is 0.491 e. The molecule has 0 aliphatic heterocycles. The van der Waals surface area contributed by atoms with Crippen LogP contribution in [-0.2, 0) is 0 Å². The SMILES string of the molecule is CCCOc1c(Cl)cc(Cl)cc1C#N. The normalized spacial score (nSPS) is 9.57. The lowest BCUT2D eigenvalue weighted by Gasteiger charge is -2.08. The summed E-state index contributed by atoms with van der Waals surface area (Å²) in [6, 6.07) is 5.10. The third-order valence-corrected chi connectivity index (χ3v) is 2.08. The third kappa shape index (κ3) is 2.54. The fraction of sp³-hybridized carbons (Fsp3) is 0.300. The molecule has 4 heteroatoms. The predicted octanol–water partition coefficient (Wildman–Crippen LogP) is 3.65. The Balaban J connectivity index is 3.07. The van der Waals surface area contributed by atoms with E-state index in [0.717, 1.165) is 6.42 Å². The number of benzene rings is 1. The van der Waals surface area contributed by atoms with Crippen molar-refractivity contribution in [1.82, 2.24) is 0 Å². The van der Waals surface area contributed by atoms with E-state index in [1.807, 2.05) is 13.0 Å². The Morgan fingerprint density at radius 1 is 1.43 bits per heavy atom. The molecule has 0 saturated carbocycles. The molecule has 0 aliphatic carbocycles. The van der Waals surface area contributed by atoms with Crippen molar-refractivity contribution in [2.75, 3.05) is 6.61 Å². The zero-order chi connectivity index (χ0) is 10.6. The maximum Gasteiger partial charge on any atom is 0.155 e. The summed E-state index contributed by atoms with van der Waals surface area (Å²) in [4.78, 5) is 0. The molecule has 0 bridgehead atoms. The zero-order valence-electron chi connectivity index (χ0n) is 7.68. The molecule has 74 valence electrons. The highest BCUT2D eigenvalue weighted by atomic mass is 35.5. The van der Waals surface area contributed by atoms with Gasteiger partial charge >= 0.3 is 0 Å². The molecule has 1 aromatic rings. The first-order valence-corrected chi connectivity index (χ1v) is 4.96. The number of hydrogen-bond acceptors (Lipinski definition) is 2. The van der Waals surface area contributed by atoms with Gasteiger partial charge in [0.25, 0.3) is 0 Å². The summed E-state index contributed by atoms with van der Waals surface area (Å²) >= 11 is 11.6. The van der Waals surface area contributed by atoms with Crippen molar-refractivity contribution in [2.45, 2.75) is 13.3 Å². The van der Waals surface area contributed by atoms with Crippen molar-refractivity contribution in [3.63, 3.8) is 0 Å². The van der Waals surface area contributed by atoms with Gasteiger partial charge in [0.1, 0.15) is 6.07 Å². The average molecular weight is 230 g/mol.